The van der Waals surface area contributed by atoms with E-state index in [-0.39, 0.29) is 12.4 Å². The van der Waals surface area contributed by atoms with Crippen molar-refractivity contribution in [3.63, 3.8) is 0 Å². The Bertz CT molecular complexity index is 1250. The Morgan fingerprint density at radius 3 is 2.79 bits per heavy atom. The van der Waals surface area contributed by atoms with Crippen LogP contribution < -0.4 is 20.7 Å². The number of hydrogen-bond donors (Lipinski definition) is 3. The average Bonchev–Trinajstić information content (AvgIpc) is 2.84. The molecule has 2 aliphatic heterocycles. The van der Waals surface area contributed by atoms with Gasteiger partial charge in [-0.05, 0) is 62.0 Å². The summed E-state index contributed by atoms with van der Waals surface area (Å²) in [7, 11) is 0. The van der Waals surface area contributed by atoms with Gasteiger partial charge in [-0.15, -0.1) is 0 Å². The van der Waals surface area contributed by atoms with Crippen molar-refractivity contribution in [1.82, 2.24) is 15.3 Å². The van der Waals surface area contributed by atoms with Crippen molar-refractivity contribution in [2.75, 3.05) is 43.5 Å². The van der Waals surface area contributed by atoms with Crippen LogP contribution in [0.2, 0.25) is 0 Å². The summed E-state index contributed by atoms with van der Waals surface area (Å²) in [5.74, 6) is 0.317. The number of ether oxygens (including phenoxy) is 2. The second-order valence-electron chi connectivity index (χ2n) is 8.60. The molecular weight excluding hydrogens is 444 g/mol. The smallest absolute Gasteiger partial charge is 0.412 e. The average molecular weight is 469 g/mol. The Hall–Kier alpha value is -3.53. The molecule has 3 aromatic rings. The molecule has 1 aromatic carbocycles. The summed E-state index contributed by atoms with van der Waals surface area (Å²) in [6, 6.07) is 4.71. The SMILES string of the molecule is Cc1c(-c2cc3cc(NC(=O)OCC4(F)CCNCC4)ncc3cc2F)cnc2c1NCCO2. The number of rotatable bonds is 4. The zero-order valence-corrected chi connectivity index (χ0v) is 18.7. The maximum atomic E-state index is 15.0. The Labute approximate surface area is 195 Å². The van der Waals surface area contributed by atoms with Crippen LogP contribution in [-0.4, -0.2) is 54.6 Å². The number of nitrogens with one attached hydrogen (secondary N) is 3. The van der Waals surface area contributed by atoms with Crippen LogP contribution in [0, 0.1) is 12.7 Å². The van der Waals surface area contributed by atoms with Crippen molar-refractivity contribution >= 4 is 28.4 Å². The second-order valence-corrected chi connectivity index (χ2v) is 8.60. The maximum absolute atomic E-state index is 15.0. The molecule has 10 heteroatoms. The van der Waals surface area contributed by atoms with Gasteiger partial charge in [0.05, 0.1) is 0 Å². The molecule has 0 unspecified atom stereocenters. The Morgan fingerprint density at radius 2 is 1.97 bits per heavy atom. The van der Waals surface area contributed by atoms with Gasteiger partial charge < -0.3 is 20.1 Å². The second kappa shape index (κ2) is 9.02. The fourth-order valence-corrected chi connectivity index (χ4v) is 4.29. The molecular formula is C24H25F2N5O3. The number of pyridine rings is 2. The fraction of sp³-hybridized carbons (Fsp3) is 0.375. The van der Waals surface area contributed by atoms with E-state index in [9.17, 15) is 9.18 Å². The molecule has 4 heterocycles. The third-order valence-electron chi connectivity index (χ3n) is 6.24. The minimum absolute atomic E-state index is 0.226. The van der Waals surface area contributed by atoms with E-state index >= 15 is 4.39 Å². The van der Waals surface area contributed by atoms with Crippen molar-refractivity contribution in [3.8, 4) is 17.0 Å². The highest BCUT2D eigenvalue weighted by atomic mass is 19.1. The molecule has 2 aliphatic rings. The number of aromatic nitrogens is 2. The van der Waals surface area contributed by atoms with Crippen molar-refractivity contribution in [3.05, 3.63) is 42.0 Å². The number of hydrogen-bond acceptors (Lipinski definition) is 7. The quantitative estimate of drug-likeness (QED) is 0.527. The number of anilines is 2. The predicted octanol–water partition coefficient (Wildman–Crippen LogP) is 4.19. The highest BCUT2D eigenvalue weighted by Crippen LogP contribution is 2.37. The molecule has 8 nitrogen and oxygen atoms in total. The third kappa shape index (κ3) is 4.45. The van der Waals surface area contributed by atoms with Crippen LogP contribution in [0.5, 0.6) is 5.88 Å². The fourth-order valence-electron chi connectivity index (χ4n) is 4.29. The summed E-state index contributed by atoms with van der Waals surface area (Å²) >= 11 is 0. The van der Waals surface area contributed by atoms with Crippen LogP contribution in [0.4, 0.5) is 25.1 Å². The predicted molar refractivity (Wildman–Crippen MR) is 125 cm³/mol. The molecule has 3 N–H and O–H groups in total. The summed E-state index contributed by atoms with van der Waals surface area (Å²) in [6.07, 6.45) is 2.86. The van der Waals surface area contributed by atoms with Crippen molar-refractivity contribution in [2.45, 2.75) is 25.4 Å². The lowest BCUT2D eigenvalue weighted by atomic mass is 9.96. The van der Waals surface area contributed by atoms with E-state index in [1.807, 2.05) is 6.92 Å². The van der Waals surface area contributed by atoms with Gasteiger partial charge in [-0.3, -0.25) is 5.32 Å². The lowest BCUT2D eigenvalue weighted by Gasteiger charge is -2.29. The Balaban J connectivity index is 1.37. The summed E-state index contributed by atoms with van der Waals surface area (Å²) in [4.78, 5) is 20.7. The number of nitrogens with zero attached hydrogens (tertiary/aromatic N) is 2. The highest BCUT2D eigenvalue weighted by Gasteiger charge is 2.33. The molecule has 0 bridgehead atoms. The van der Waals surface area contributed by atoms with Gasteiger partial charge in [0.1, 0.15) is 36.2 Å². The van der Waals surface area contributed by atoms with E-state index in [1.54, 1.807) is 18.3 Å². The molecule has 0 saturated carbocycles. The van der Waals surface area contributed by atoms with Crippen molar-refractivity contribution in [1.29, 1.82) is 0 Å². The van der Waals surface area contributed by atoms with Crippen molar-refractivity contribution < 1.29 is 23.0 Å². The number of fused-ring (bicyclic) bond motifs is 2. The number of carbonyl (C=O) groups is 1. The maximum Gasteiger partial charge on any atom is 0.412 e. The van der Waals surface area contributed by atoms with Crippen LogP contribution in [-0.2, 0) is 4.74 Å². The number of alkyl halides is 1. The summed E-state index contributed by atoms with van der Waals surface area (Å²) in [5, 5.41) is 10.1. The third-order valence-corrected chi connectivity index (χ3v) is 6.24. The summed E-state index contributed by atoms with van der Waals surface area (Å²) in [5.41, 5.74) is 1.07. The van der Waals surface area contributed by atoms with E-state index in [4.69, 9.17) is 9.47 Å². The van der Waals surface area contributed by atoms with E-state index in [0.29, 0.717) is 66.9 Å². The van der Waals surface area contributed by atoms with E-state index in [0.717, 1.165) is 11.3 Å². The molecule has 5 rings (SSSR count). The number of piperidine rings is 1. The topological polar surface area (TPSA) is 97.4 Å². The van der Waals surface area contributed by atoms with Gasteiger partial charge in [-0.2, -0.15) is 0 Å². The van der Waals surface area contributed by atoms with Gasteiger partial charge in [0.2, 0.25) is 5.88 Å². The number of benzene rings is 1. The minimum Gasteiger partial charge on any atom is -0.474 e. The highest BCUT2D eigenvalue weighted by molar-refractivity contribution is 5.92. The monoisotopic (exact) mass is 469 g/mol. The van der Waals surface area contributed by atoms with E-state index in [2.05, 4.69) is 25.9 Å². The van der Waals surface area contributed by atoms with Crippen LogP contribution in [0.15, 0.2) is 30.6 Å². The minimum atomic E-state index is -1.52. The molecule has 1 saturated heterocycles. The van der Waals surface area contributed by atoms with Crippen LogP contribution in [0.25, 0.3) is 21.9 Å². The van der Waals surface area contributed by atoms with Gasteiger partial charge in [0.15, 0.2) is 0 Å². The number of carbonyl (C=O) groups excluding carboxylic acids is 1. The van der Waals surface area contributed by atoms with Crippen LogP contribution in [0.1, 0.15) is 18.4 Å². The molecule has 0 spiro atoms. The molecule has 1 fully saturated rings. The molecule has 0 radical (unpaired) electrons. The number of halogens is 2. The molecule has 1 amide bonds. The van der Waals surface area contributed by atoms with Crippen LogP contribution in [0.3, 0.4) is 0 Å². The van der Waals surface area contributed by atoms with E-state index < -0.39 is 17.6 Å². The summed E-state index contributed by atoms with van der Waals surface area (Å²) < 4.78 is 40.3. The standard InChI is InChI=1S/C24H25F2N5O3/c1-14-18(12-30-22-21(14)28-6-7-33-22)17-8-15-10-20(29-11-16(15)9-19(17)25)31-23(32)34-13-24(26)2-4-27-5-3-24/h8-12,27-28H,2-7,13H2,1H3,(H,29,31,32). The first kappa shape index (κ1) is 22.3. The first-order chi connectivity index (χ1) is 16.4. The zero-order valence-electron chi connectivity index (χ0n) is 18.7. The summed E-state index contributed by atoms with van der Waals surface area (Å²) in [6.45, 7) is 3.85. The largest absolute Gasteiger partial charge is 0.474 e. The molecule has 2 aromatic heterocycles. The Kier molecular flexibility index (Phi) is 5.91. The van der Waals surface area contributed by atoms with Gasteiger partial charge in [0.25, 0.3) is 0 Å². The van der Waals surface area contributed by atoms with E-state index in [1.165, 1.54) is 12.3 Å². The molecule has 0 aliphatic carbocycles. The molecule has 178 valence electrons. The van der Waals surface area contributed by atoms with Gasteiger partial charge in [-0.25, -0.2) is 23.5 Å². The van der Waals surface area contributed by atoms with Gasteiger partial charge in [-0.1, -0.05) is 0 Å². The normalized spacial score (nSPS) is 16.8. The van der Waals surface area contributed by atoms with Gasteiger partial charge >= 0.3 is 6.09 Å². The van der Waals surface area contributed by atoms with Crippen LogP contribution >= 0.6 is 0 Å². The first-order valence-electron chi connectivity index (χ1n) is 11.2. The zero-order chi connectivity index (χ0) is 23.7. The lowest BCUT2D eigenvalue weighted by molar-refractivity contribution is 0.0316. The van der Waals surface area contributed by atoms with Gasteiger partial charge in [0, 0.05) is 35.5 Å². The number of amides is 1. The first-order valence-corrected chi connectivity index (χ1v) is 11.2. The Morgan fingerprint density at radius 1 is 1.15 bits per heavy atom. The molecule has 34 heavy (non-hydrogen) atoms. The molecule has 0 atom stereocenters. The lowest BCUT2D eigenvalue weighted by Crippen LogP contribution is -2.42. The van der Waals surface area contributed by atoms with Crippen molar-refractivity contribution in [2.24, 2.45) is 0 Å².